The lowest BCUT2D eigenvalue weighted by Crippen LogP contribution is -2.27. The van der Waals surface area contributed by atoms with Crippen LogP contribution in [0.3, 0.4) is 0 Å². The van der Waals surface area contributed by atoms with Crippen molar-refractivity contribution in [1.82, 2.24) is 4.90 Å². The highest BCUT2D eigenvalue weighted by Crippen LogP contribution is 2.35. The maximum Gasteiger partial charge on any atom is 0.293 e. The first kappa shape index (κ1) is 18.4. The fourth-order valence-corrected chi connectivity index (χ4v) is 3.59. The number of rotatable bonds is 4. The Morgan fingerprint density at radius 3 is 2.42 bits per heavy atom. The van der Waals surface area contributed by atoms with Crippen LogP contribution < -0.4 is 0 Å². The number of hydrogen-bond donors (Lipinski definition) is 0. The molecule has 9 heteroatoms. The van der Waals surface area contributed by atoms with Gasteiger partial charge in [-0.15, -0.1) is 0 Å². The van der Waals surface area contributed by atoms with Gasteiger partial charge in [0.25, 0.3) is 16.8 Å². The molecule has 2 amide bonds. The maximum absolute atomic E-state index is 12.5. The second-order valence-electron chi connectivity index (χ2n) is 5.36. The Hall–Kier alpha value is -2.35. The minimum absolute atomic E-state index is 0.0361. The number of halogens is 2. The number of carbonyl (C=O) groups excluding carboxylic acids is 2. The van der Waals surface area contributed by atoms with Crippen LogP contribution in [0.5, 0.6) is 0 Å². The Labute approximate surface area is 162 Å². The van der Waals surface area contributed by atoms with E-state index < -0.39 is 16.1 Å². The molecule has 0 aliphatic carbocycles. The van der Waals surface area contributed by atoms with Gasteiger partial charge in [-0.05, 0) is 41.1 Å². The first-order chi connectivity index (χ1) is 12.3. The normalized spacial score (nSPS) is 15.8. The number of amides is 2. The van der Waals surface area contributed by atoms with Gasteiger partial charge in [-0.3, -0.25) is 24.6 Å². The molecule has 0 atom stereocenters. The second-order valence-corrected chi connectivity index (χ2v) is 7.19. The van der Waals surface area contributed by atoms with Crippen molar-refractivity contribution in [1.29, 1.82) is 0 Å². The van der Waals surface area contributed by atoms with E-state index in [0.29, 0.717) is 21.2 Å². The van der Waals surface area contributed by atoms with Crippen molar-refractivity contribution in [3.05, 3.63) is 78.7 Å². The Kier molecular flexibility index (Phi) is 5.31. The molecular formula is C17H10Cl2N2O4S. The van der Waals surface area contributed by atoms with Crippen molar-refractivity contribution < 1.29 is 14.5 Å². The number of nitro groups is 1. The smallest absolute Gasteiger partial charge is 0.268 e. The molecule has 1 saturated heterocycles. The topological polar surface area (TPSA) is 80.5 Å². The molecular weight excluding hydrogens is 399 g/mol. The van der Waals surface area contributed by atoms with Crippen LogP contribution in [-0.2, 0) is 11.3 Å². The van der Waals surface area contributed by atoms with Gasteiger partial charge >= 0.3 is 0 Å². The van der Waals surface area contributed by atoms with Gasteiger partial charge in [0.15, 0.2) is 0 Å². The van der Waals surface area contributed by atoms with Gasteiger partial charge in [-0.1, -0.05) is 41.4 Å². The molecule has 0 saturated carbocycles. The minimum atomic E-state index is -0.511. The van der Waals surface area contributed by atoms with E-state index in [0.717, 1.165) is 16.7 Å². The molecule has 0 bridgehead atoms. The van der Waals surface area contributed by atoms with Crippen LogP contribution >= 0.6 is 35.0 Å². The average molecular weight is 409 g/mol. The lowest BCUT2D eigenvalue weighted by molar-refractivity contribution is -0.384. The third kappa shape index (κ3) is 3.90. The van der Waals surface area contributed by atoms with Gasteiger partial charge in [0, 0.05) is 22.2 Å². The van der Waals surface area contributed by atoms with Crippen molar-refractivity contribution >= 4 is 57.9 Å². The highest BCUT2D eigenvalue weighted by atomic mass is 35.5. The number of benzene rings is 2. The van der Waals surface area contributed by atoms with Crippen LogP contribution in [0.15, 0.2) is 47.4 Å². The Balaban J connectivity index is 1.80. The molecule has 26 heavy (non-hydrogen) atoms. The van der Waals surface area contributed by atoms with Crippen LogP contribution in [0.25, 0.3) is 6.08 Å². The third-order valence-corrected chi connectivity index (χ3v) is 5.08. The van der Waals surface area contributed by atoms with E-state index >= 15 is 0 Å². The third-order valence-electron chi connectivity index (χ3n) is 3.61. The number of carbonyl (C=O) groups is 2. The molecule has 1 aliphatic rings. The summed E-state index contributed by atoms with van der Waals surface area (Å²) in [4.78, 5) is 36.2. The fraction of sp³-hybridized carbons (Fsp3) is 0.0588. The summed E-state index contributed by atoms with van der Waals surface area (Å²) >= 11 is 12.8. The number of nitrogens with zero attached hydrogens (tertiary/aromatic N) is 2. The first-order valence-electron chi connectivity index (χ1n) is 7.29. The van der Waals surface area contributed by atoms with Gasteiger partial charge in [-0.25, -0.2) is 0 Å². The largest absolute Gasteiger partial charge is 0.293 e. The Morgan fingerprint density at radius 1 is 1.12 bits per heavy atom. The van der Waals surface area contributed by atoms with Crippen LogP contribution in [-0.4, -0.2) is 21.0 Å². The number of imide groups is 1. The average Bonchev–Trinajstić information content (AvgIpc) is 2.85. The summed E-state index contributed by atoms with van der Waals surface area (Å²) in [7, 11) is 0. The number of hydrogen-bond acceptors (Lipinski definition) is 5. The second kappa shape index (κ2) is 7.49. The molecule has 0 spiro atoms. The molecule has 132 valence electrons. The van der Waals surface area contributed by atoms with Crippen molar-refractivity contribution in [2.75, 3.05) is 0 Å². The first-order valence-corrected chi connectivity index (χ1v) is 8.86. The molecule has 2 aromatic carbocycles. The van der Waals surface area contributed by atoms with Crippen molar-refractivity contribution in [2.45, 2.75) is 6.54 Å². The molecule has 0 aromatic heterocycles. The van der Waals surface area contributed by atoms with Gasteiger partial charge in [0.1, 0.15) is 0 Å². The van der Waals surface area contributed by atoms with Gasteiger partial charge in [-0.2, -0.15) is 0 Å². The van der Waals surface area contributed by atoms with Crippen LogP contribution in [0.4, 0.5) is 10.5 Å². The van der Waals surface area contributed by atoms with E-state index in [4.69, 9.17) is 23.2 Å². The molecule has 0 N–H and O–H groups in total. The standard InChI is InChI=1S/C17H10Cl2N2O4S/c18-12-4-3-11(14(19)8-12)7-15-16(22)20(17(23)26-15)9-10-1-5-13(6-2-10)21(24)25/h1-8H,9H2/b15-7-. The molecule has 1 aliphatic heterocycles. The summed E-state index contributed by atoms with van der Waals surface area (Å²) < 4.78 is 0. The van der Waals surface area contributed by atoms with E-state index in [-0.39, 0.29) is 17.1 Å². The predicted molar refractivity (Wildman–Crippen MR) is 101 cm³/mol. The molecule has 1 fully saturated rings. The summed E-state index contributed by atoms with van der Waals surface area (Å²) in [5, 5.41) is 11.1. The van der Waals surface area contributed by atoms with Crippen molar-refractivity contribution in [3.63, 3.8) is 0 Å². The molecule has 2 aromatic rings. The van der Waals surface area contributed by atoms with Gasteiger partial charge in [0.05, 0.1) is 16.4 Å². The Bertz CT molecular complexity index is 944. The van der Waals surface area contributed by atoms with Crippen molar-refractivity contribution in [2.24, 2.45) is 0 Å². The molecule has 0 radical (unpaired) electrons. The summed E-state index contributed by atoms with van der Waals surface area (Å²) in [5.74, 6) is -0.440. The Morgan fingerprint density at radius 2 is 1.81 bits per heavy atom. The minimum Gasteiger partial charge on any atom is -0.268 e. The van der Waals surface area contributed by atoms with E-state index in [1.165, 1.54) is 24.3 Å². The van der Waals surface area contributed by atoms with Crippen LogP contribution in [0.1, 0.15) is 11.1 Å². The monoisotopic (exact) mass is 408 g/mol. The number of nitro benzene ring substituents is 1. The maximum atomic E-state index is 12.5. The van der Waals surface area contributed by atoms with Gasteiger partial charge < -0.3 is 0 Å². The molecule has 0 unspecified atom stereocenters. The van der Waals surface area contributed by atoms with Crippen LogP contribution in [0, 0.1) is 10.1 Å². The number of non-ortho nitro benzene ring substituents is 1. The zero-order chi connectivity index (χ0) is 18.8. The molecule has 1 heterocycles. The lowest BCUT2D eigenvalue weighted by Gasteiger charge is -2.12. The van der Waals surface area contributed by atoms with Crippen molar-refractivity contribution in [3.8, 4) is 0 Å². The molecule has 3 rings (SSSR count). The fourth-order valence-electron chi connectivity index (χ4n) is 2.30. The van der Waals surface area contributed by atoms with E-state index in [9.17, 15) is 19.7 Å². The lowest BCUT2D eigenvalue weighted by atomic mass is 10.2. The van der Waals surface area contributed by atoms with Gasteiger partial charge in [0.2, 0.25) is 0 Å². The highest BCUT2D eigenvalue weighted by Gasteiger charge is 2.35. The van der Waals surface area contributed by atoms with Crippen LogP contribution in [0.2, 0.25) is 10.0 Å². The molecule has 6 nitrogen and oxygen atoms in total. The number of thioether (sulfide) groups is 1. The highest BCUT2D eigenvalue weighted by molar-refractivity contribution is 8.18. The summed E-state index contributed by atoms with van der Waals surface area (Å²) in [6, 6.07) is 10.5. The zero-order valence-electron chi connectivity index (χ0n) is 13.0. The predicted octanol–water partition coefficient (Wildman–Crippen LogP) is 5.14. The SMILES string of the molecule is O=C1S/C(=C\c2ccc(Cl)cc2Cl)C(=O)N1Cc1ccc([N+](=O)[O-])cc1. The zero-order valence-corrected chi connectivity index (χ0v) is 15.3. The van der Waals surface area contributed by atoms with E-state index in [1.54, 1.807) is 24.3 Å². The summed E-state index contributed by atoms with van der Waals surface area (Å²) in [6.07, 6.45) is 1.54. The summed E-state index contributed by atoms with van der Waals surface area (Å²) in [6.45, 7) is 0.0361. The van der Waals surface area contributed by atoms with E-state index in [1.807, 2.05) is 0 Å². The summed E-state index contributed by atoms with van der Waals surface area (Å²) in [5.41, 5.74) is 1.14. The quantitative estimate of drug-likeness (QED) is 0.397. The van der Waals surface area contributed by atoms with E-state index in [2.05, 4.69) is 0 Å².